The second-order valence-electron chi connectivity index (χ2n) is 13.0. The highest BCUT2D eigenvalue weighted by atomic mass is 32.2. The maximum Gasteiger partial charge on any atom is 0.330 e. The SMILES string of the molecule is CCc1cc([N+](=O)[O-])c(C(C)COC[C@H]2O[C@@H](n3cc(C)c(=O)[nH]c3=O)C[C@@H]2OP(OCCC#N)N(C(C)C)C(C)C)cc1Sc1ccccc1. The van der Waals surface area contributed by atoms with E-state index in [-0.39, 0.29) is 61.3 Å². The van der Waals surface area contributed by atoms with E-state index in [1.54, 1.807) is 24.8 Å². The van der Waals surface area contributed by atoms with Crippen LogP contribution >= 0.6 is 20.3 Å². The summed E-state index contributed by atoms with van der Waals surface area (Å²) >= 11 is 1.57. The molecule has 1 aliphatic rings. The second-order valence-corrected chi connectivity index (χ2v) is 15.5. The molecule has 2 heterocycles. The zero-order valence-electron chi connectivity index (χ0n) is 30.2. The molecule has 3 aromatic rings. The summed E-state index contributed by atoms with van der Waals surface area (Å²) in [6.07, 6.45) is 0.603. The molecule has 2 aromatic carbocycles. The van der Waals surface area contributed by atoms with Gasteiger partial charge in [-0.25, -0.2) is 9.46 Å². The van der Waals surface area contributed by atoms with E-state index in [9.17, 15) is 19.7 Å². The lowest BCUT2D eigenvalue weighted by atomic mass is 9.97. The van der Waals surface area contributed by atoms with Crippen molar-refractivity contribution in [2.75, 3.05) is 19.8 Å². The van der Waals surface area contributed by atoms with E-state index in [0.717, 1.165) is 15.4 Å². The Bertz CT molecular complexity index is 1770. The van der Waals surface area contributed by atoms with Crippen LogP contribution in [-0.2, 0) is 24.9 Å². The lowest BCUT2D eigenvalue weighted by Gasteiger charge is -2.37. The molecule has 0 spiro atoms. The highest BCUT2D eigenvalue weighted by Gasteiger charge is 2.42. The Kier molecular flexibility index (Phi) is 15.0. The van der Waals surface area contributed by atoms with Gasteiger partial charge in [0.25, 0.3) is 19.8 Å². The van der Waals surface area contributed by atoms with Crippen LogP contribution in [0.5, 0.6) is 0 Å². The summed E-state index contributed by atoms with van der Waals surface area (Å²) < 4.78 is 28.9. The minimum atomic E-state index is -1.64. The molecular weight excluding hydrogens is 693 g/mol. The topological polar surface area (TPSA) is 162 Å². The number of rotatable bonds is 18. The van der Waals surface area contributed by atoms with Gasteiger partial charge >= 0.3 is 5.69 Å². The van der Waals surface area contributed by atoms with Gasteiger partial charge in [0.1, 0.15) is 12.3 Å². The summed E-state index contributed by atoms with van der Waals surface area (Å²) in [7, 11) is -1.64. The molecular formula is C36H48N5O8PS. The third-order valence-corrected chi connectivity index (χ3v) is 11.7. The fourth-order valence-corrected chi connectivity index (χ4v) is 8.79. The molecule has 1 saturated heterocycles. The lowest BCUT2D eigenvalue weighted by Crippen LogP contribution is -2.36. The first-order valence-corrected chi connectivity index (χ1v) is 19.1. The van der Waals surface area contributed by atoms with E-state index in [2.05, 4.69) is 15.7 Å². The minimum absolute atomic E-state index is 0.0502. The number of aromatic amines is 1. The quantitative estimate of drug-likeness (QED) is 0.0606. The van der Waals surface area contributed by atoms with Crippen molar-refractivity contribution in [3.05, 3.63) is 96.3 Å². The molecule has 1 aromatic heterocycles. The van der Waals surface area contributed by atoms with E-state index < -0.39 is 38.2 Å². The number of nitro groups is 1. The Balaban J connectivity index is 1.59. The summed E-state index contributed by atoms with van der Waals surface area (Å²) in [5, 5.41) is 21.4. The number of nitrogens with zero attached hydrogens (tertiary/aromatic N) is 4. The summed E-state index contributed by atoms with van der Waals surface area (Å²) in [5.41, 5.74) is 0.807. The van der Waals surface area contributed by atoms with Gasteiger partial charge in [0.05, 0.1) is 43.3 Å². The number of nitriles is 1. The van der Waals surface area contributed by atoms with Crippen molar-refractivity contribution < 1.29 is 23.4 Å². The van der Waals surface area contributed by atoms with Gasteiger partial charge in [0, 0.05) is 57.6 Å². The Hall–Kier alpha value is -3.41. The number of aryl methyl sites for hydroxylation is 2. The first kappa shape index (κ1) is 40.4. The van der Waals surface area contributed by atoms with Crippen molar-refractivity contribution in [3.63, 3.8) is 0 Å². The zero-order chi connectivity index (χ0) is 37.2. The molecule has 1 N–H and O–H groups in total. The summed E-state index contributed by atoms with van der Waals surface area (Å²) in [6.45, 7) is 14.1. The average molecular weight is 742 g/mol. The smallest absolute Gasteiger partial charge is 0.330 e. The van der Waals surface area contributed by atoms with Gasteiger partial charge in [-0.2, -0.15) is 5.26 Å². The third kappa shape index (κ3) is 10.6. The number of hydrogen-bond donors (Lipinski definition) is 1. The van der Waals surface area contributed by atoms with E-state index in [4.69, 9.17) is 23.8 Å². The number of nitro benzene ring substituents is 1. The van der Waals surface area contributed by atoms with E-state index in [0.29, 0.717) is 17.5 Å². The zero-order valence-corrected chi connectivity index (χ0v) is 31.9. The molecule has 276 valence electrons. The Morgan fingerprint density at radius 1 is 1.18 bits per heavy atom. The molecule has 0 radical (unpaired) electrons. The maximum absolute atomic E-state index is 12.9. The highest BCUT2D eigenvalue weighted by molar-refractivity contribution is 7.99. The van der Waals surface area contributed by atoms with Gasteiger partial charge in [-0.1, -0.05) is 43.8 Å². The van der Waals surface area contributed by atoms with Gasteiger partial charge in [0.2, 0.25) is 0 Å². The lowest BCUT2D eigenvalue weighted by molar-refractivity contribution is -0.385. The maximum atomic E-state index is 12.9. The molecule has 0 aliphatic carbocycles. The van der Waals surface area contributed by atoms with Crippen LogP contribution in [0.15, 0.2) is 68.0 Å². The van der Waals surface area contributed by atoms with Crippen LogP contribution in [0.4, 0.5) is 5.69 Å². The van der Waals surface area contributed by atoms with E-state index in [1.165, 1.54) is 10.8 Å². The fourth-order valence-electron chi connectivity index (χ4n) is 5.96. The predicted molar refractivity (Wildman–Crippen MR) is 197 cm³/mol. The second kappa shape index (κ2) is 18.9. The number of hydrogen-bond acceptors (Lipinski definition) is 11. The van der Waals surface area contributed by atoms with Gasteiger partial charge in [-0.15, -0.1) is 0 Å². The van der Waals surface area contributed by atoms with Crippen LogP contribution in [0.3, 0.4) is 0 Å². The molecule has 5 atom stereocenters. The molecule has 0 bridgehead atoms. The summed E-state index contributed by atoms with van der Waals surface area (Å²) in [5.74, 6) is -0.337. The van der Waals surface area contributed by atoms with Gasteiger partial charge in [-0.05, 0) is 64.8 Å². The van der Waals surface area contributed by atoms with Crippen LogP contribution in [0.1, 0.15) is 83.2 Å². The Morgan fingerprint density at radius 2 is 1.88 bits per heavy atom. The van der Waals surface area contributed by atoms with Crippen molar-refractivity contribution in [2.24, 2.45) is 0 Å². The van der Waals surface area contributed by atoms with Crippen LogP contribution in [0.25, 0.3) is 0 Å². The molecule has 51 heavy (non-hydrogen) atoms. The molecule has 0 saturated carbocycles. The first-order valence-electron chi connectivity index (χ1n) is 17.2. The number of aromatic nitrogens is 2. The van der Waals surface area contributed by atoms with Crippen LogP contribution in [0.2, 0.25) is 0 Å². The molecule has 1 fully saturated rings. The predicted octanol–water partition coefficient (Wildman–Crippen LogP) is 7.24. The number of H-pyrrole nitrogens is 1. The minimum Gasteiger partial charge on any atom is -0.378 e. The molecule has 0 amide bonds. The number of ether oxygens (including phenoxy) is 2. The van der Waals surface area contributed by atoms with Gasteiger partial charge in [0.15, 0.2) is 0 Å². The van der Waals surface area contributed by atoms with Crippen molar-refractivity contribution in [3.8, 4) is 6.07 Å². The van der Waals surface area contributed by atoms with Crippen molar-refractivity contribution in [2.45, 2.75) is 114 Å². The molecule has 4 rings (SSSR count). The first-order chi connectivity index (χ1) is 24.3. The van der Waals surface area contributed by atoms with Crippen LogP contribution in [-0.4, -0.2) is 63.3 Å². The van der Waals surface area contributed by atoms with Crippen molar-refractivity contribution in [1.29, 1.82) is 5.26 Å². The van der Waals surface area contributed by atoms with Crippen LogP contribution in [0, 0.1) is 28.4 Å². The molecule has 13 nitrogen and oxygen atoms in total. The van der Waals surface area contributed by atoms with E-state index in [1.807, 2.05) is 77.9 Å². The van der Waals surface area contributed by atoms with Gasteiger partial charge in [-0.3, -0.25) is 24.5 Å². The molecule has 2 unspecified atom stereocenters. The number of benzene rings is 2. The van der Waals surface area contributed by atoms with Crippen molar-refractivity contribution in [1.82, 2.24) is 14.2 Å². The molecule has 1 aliphatic heterocycles. The monoisotopic (exact) mass is 741 g/mol. The normalized spacial score (nSPS) is 18.7. The summed E-state index contributed by atoms with van der Waals surface area (Å²) in [4.78, 5) is 41.2. The average Bonchev–Trinajstić information content (AvgIpc) is 3.47. The Labute approximate surface area is 304 Å². The molecule has 15 heteroatoms. The van der Waals surface area contributed by atoms with Crippen molar-refractivity contribution >= 4 is 26.0 Å². The fraction of sp³-hybridized carbons (Fsp3) is 0.528. The largest absolute Gasteiger partial charge is 0.378 e. The Morgan fingerprint density at radius 3 is 2.51 bits per heavy atom. The van der Waals surface area contributed by atoms with Gasteiger partial charge < -0.3 is 18.5 Å². The highest BCUT2D eigenvalue weighted by Crippen LogP contribution is 2.50. The van der Waals surface area contributed by atoms with Crippen LogP contribution < -0.4 is 11.2 Å². The standard InChI is InChI=1S/C36H48N5O8PS/c1-8-27-17-30(41(44)45)29(18-33(27)51-28-13-10-9-11-14-28)26(7)21-46-22-32-31(19-34(48-32)39-20-25(6)35(42)38-36(39)43)49-50(47-16-12-15-37)40(23(2)3)24(4)5/h9-11,13-14,17-18,20,23-24,26,31-32,34H,8,12,16,19,21-22H2,1-7H3,(H,38,42,43)/t26?,31-,32+,34+,50?/m0/s1. The number of nitrogens with one attached hydrogen (secondary N) is 1. The van der Waals surface area contributed by atoms with E-state index >= 15 is 0 Å². The summed E-state index contributed by atoms with van der Waals surface area (Å²) in [6, 6.07) is 15.7. The third-order valence-electron chi connectivity index (χ3n) is 8.46.